The van der Waals surface area contributed by atoms with Crippen LogP contribution in [0.25, 0.3) is 0 Å². The van der Waals surface area contributed by atoms with Crippen LogP contribution in [0.3, 0.4) is 0 Å². The maximum absolute atomic E-state index is 12.5. The smallest absolute Gasteiger partial charge is 0.223 e. The van der Waals surface area contributed by atoms with Gasteiger partial charge in [-0.3, -0.25) is 9.69 Å². The summed E-state index contributed by atoms with van der Waals surface area (Å²) in [5.74, 6) is 0.608. The molecule has 4 heteroatoms. The number of fused-ring (bicyclic) bond motifs is 1. The van der Waals surface area contributed by atoms with Gasteiger partial charge in [0.15, 0.2) is 0 Å². The summed E-state index contributed by atoms with van der Waals surface area (Å²) in [7, 11) is 0. The van der Waals surface area contributed by atoms with Crippen molar-refractivity contribution in [2.45, 2.75) is 12.3 Å². The van der Waals surface area contributed by atoms with Crippen LogP contribution in [0.15, 0.2) is 36.9 Å². The molecule has 1 N–H and O–H groups in total. The zero-order valence-electron chi connectivity index (χ0n) is 12.4. The number of benzene rings is 1. The predicted molar refractivity (Wildman–Crippen MR) is 85.5 cm³/mol. The molecule has 0 spiro atoms. The van der Waals surface area contributed by atoms with Crippen LogP contribution in [0.4, 0.5) is 5.69 Å². The van der Waals surface area contributed by atoms with E-state index in [-0.39, 0.29) is 5.91 Å². The average Bonchev–Trinajstić information content (AvgIpc) is 2.92. The number of rotatable bonds is 4. The summed E-state index contributed by atoms with van der Waals surface area (Å²) in [4.78, 5) is 16.8. The lowest BCUT2D eigenvalue weighted by molar-refractivity contribution is -0.133. The highest BCUT2D eigenvalue weighted by Gasteiger charge is 2.27. The predicted octanol–water partition coefficient (Wildman–Crippen LogP) is 1.92. The highest BCUT2D eigenvalue weighted by atomic mass is 16.2. The summed E-state index contributed by atoms with van der Waals surface area (Å²) >= 11 is 0. The molecule has 4 nitrogen and oxygen atoms in total. The van der Waals surface area contributed by atoms with Crippen LogP contribution in [-0.2, 0) is 4.79 Å². The van der Waals surface area contributed by atoms with Crippen molar-refractivity contribution in [3.63, 3.8) is 0 Å². The van der Waals surface area contributed by atoms with Gasteiger partial charge in [0, 0.05) is 57.3 Å². The van der Waals surface area contributed by atoms with Gasteiger partial charge in [-0.15, -0.1) is 6.58 Å². The molecule has 1 fully saturated rings. The van der Waals surface area contributed by atoms with Gasteiger partial charge < -0.3 is 10.2 Å². The minimum Gasteiger partial charge on any atom is -0.384 e. The van der Waals surface area contributed by atoms with E-state index in [0.29, 0.717) is 12.3 Å². The van der Waals surface area contributed by atoms with Gasteiger partial charge in [0.2, 0.25) is 5.91 Å². The molecule has 2 heterocycles. The first-order chi connectivity index (χ1) is 10.3. The van der Waals surface area contributed by atoms with Gasteiger partial charge in [0.1, 0.15) is 0 Å². The van der Waals surface area contributed by atoms with E-state index < -0.39 is 0 Å². The number of hydrogen-bond acceptors (Lipinski definition) is 3. The van der Waals surface area contributed by atoms with Gasteiger partial charge in [-0.1, -0.05) is 24.3 Å². The van der Waals surface area contributed by atoms with E-state index in [0.717, 1.165) is 39.3 Å². The van der Waals surface area contributed by atoms with E-state index in [9.17, 15) is 4.79 Å². The summed E-state index contributed by atoms with van der Waals surface area (Å²) in [6.45, 7) is 9.16. The van der Waals surface area contributed by atoms with Crippen LogP contribution in [0, 0.1) is 0 Å². The maximum atomic E-state index is 12.5. The van der Waals surface area contributed by atoms with Crippen molar-refractivity contribution in [2.75, 3.05) is 44.6 Å². The summed E-state index contributed by atoms with van der Waals surface area (Å²) < 4.78 is 0. The Hall–Kier alpha value is -1.81. The second-order valence-electron chi connectivity index (χ2n) is 5.84. The molecule has 1 amide bonds. The molecular weight excluding hydrogens is 262 g/mol. The Bertz CT molecular complexity index is 521. The molecule has 0 saturated carbocycles. The number of nitrogens with one attached hydrogen (secondary N) is 1. The number of carbonyl (C=O) groups excluding carboxylic acids is 1. The van der Waals surface area contributed by atoms with E-state index in [1.54, 1.807) is 0 Å². The van der Waals surface area contributed by atoms with Crippen LogP contribution in [-0.4, -0.2) is 55.0 Å². The van der Waals surface area contributed by atoms with Gasteiger partial charge in [0.25, 0.3) is 0 Å². The quantitative estimate of drug-likeness (QED) is 0.859. The van der Waals surface area contributed by atoms with Crippen LogP contribution in [0.2, 0.25) is 0 Å². The third kappa shape index (κ3) is 3.10. The molecule has 0 aliphatic carbocycles. The molecule has 0 radical (unpaired) electrons. The Kier molecular flexibility index (Phi) is 4.25. The molecule has 0 aromatic heterocycles. The summed E-state index contributed by atoms with van der Waals surface area (Å²) in [6, 6.07) is 8.31. The fraction of sp³-hybridized carbons (Fsp3) is 0.471. The lowest BCUT2D eigenvalue weighted by atomic mass is 9.97. The SMILES string of the molecule is C=CCN1CCN(C(=O)CC2CNc3ccccc32)CC1. The van der Waals surface area contributed by atoms with Crippen LogP contribution in [0.1, 0.15) is 17.9 Å². The second kappa shape index (κ2) is 6.31. The molecule has 1 atom stereocenters. The standard InChI is InChI=1S/C17H23N3O/c1-2-7-19-8-10-20(11-9-19)17(21)12-14-13-18-16-6-4-3-5-15(14)16/h2-6,14,18H,1,7-13H2. The maximum Gasteiger partial charge on any atom is 0.223 e. The Balaban J connectivity index is 1.55. The second-order valence-corrected chi connectivity index (χ2v) is 5.84. The Morgan fingerprint density at radius 2 is 2.05 bits per heavy atom. The molecule has 3 rings (SSSR count). The monoisotopic (exact) mass is 285 g/mol. The van der Waals surface area contributed by atoms with E-state index in [2.05, 4.69) is 35.0 Å². The fourth-order valence-electron chi connectivity index (χ4n) is 3.24. The number of piperazine rings is 1. The number of carbonyl (C=O) groups is 1. The average molecular weight is 285 g/mol. The molecule has 112 valence electrons. The van der Waals surface area contributed by atoms with E-state index in [1.165, 1.54) is 11.3 Å². The van der Waals surface area contributed by atoms with Crippen molar-refractivity contribution in [3.8, 4) is 0 Å². The third-order valence-corrected chi connectivity index (χ3v) is 4.47. The molecule has 21 heavy (non-hydrogen) atoms. The van der Waals surface area contributed by atoms with Crippen molar-refractivity contribution >= 4 is 11.6 Å². The molecule has 1 unspecified atom stereocenters. The van der Waals surface area contributed by atoms with Crippen molar-refractivity contribution < 1.29 is 4.79 Å². The molecule has 2 aliphatic heterocycles. The molecule has 1 saturated heterocycles. The van der Waals surface area contributed by atoms with Crippen LogP contribution in [0.5, 0.6) is 0 Å². The Morgan fingerprint density at radius 3 is 2.81 bits per heavy atom. The van der Waals surface area contributed by atoms with E-state index in [4.69, 9.17) is 0 Å². The summed E-state index contributed by atoms with van der Waals surface area (Å²) in [5.41, 5.74) is 2.47. The van der Waals surface area contributed by atoms with Gasteiger partial charge >= 0.3 is 0 Å². The van der Waals surface area contributed by atoms with E-state index in [1.807, 2.05) is 17.0 Å². The van der Waals surface area contributed by atoms with Gasteiger partial charge in [-0.05, 0) is 11.6 Å². The number of nitrogens with zero attached hydrogens (tertiary/aromatic N) is 2. The first kappa shape index (κ1) is 14.1. The minimum absolute atomic E-state index is 0.289. The Morgan fingerprint density at radius 1 is 1.29 bits per heavy atom. The van der Waals surface area contributed by atoms with Gasteiger partial charge in [-0.25, -0.2) is 0 Å². The first-order valence-corrected chi connectivity index (χ1v) is 7.71. The van der Waals surface area contributed by atoms with Crippen molar-refractivity contribution in [2.24, 2.45) is 0 Å². The highest BCUT2D eigenvalue weighted by molar-refractivity contribution is 5.78. The largest absolute Gasteiger partial charge is 0.384 e. The summed E-state index contributed by atoms with van der Waals surface area (Å²) in [5, 5.41) is 3.39. The third-order valence-electron chi connectivity index (χ3n) is 4.47. The molecule has 1 aromatic rings. The van der Waals surface area contributed by atoms with Gasteiger partial charge in [-0.2, -0.15) is 0 Å². The zero-order valence-corrected chi connectivity index (χ0v) is 12.4. The lowest BCUT2D eigenvalue weighted by Gasteiger charge is -2.34. The number of amides is 1. The van der Waals surface area contributed by atoms with Crippen molar-refractivity contribution in [1.29, 1.82) is 0 Å². The van der Waals surface area contributed by atoms with E-state index >= 15 is 0 Å². The highest BCUT2D eigenvalue weighted by Crippen LogP contribution is 2.33. The summed E-state index contributed by atoms with van der Waals surface area (Å²) in [6.07, 6.45) is 2.55. The van der Waals surface area contributed by atoms with Gasteiger partial charge in [0.05, 0.1) is 0 Å². The van der Waals surface area contributed by atoms with Crippen LogP contribution >= 0.6 is 0 Å². The number of para-hydroxylation sites is 1. The molecule has 1 aromatic carbocycles. The fourth-order valence-corrected chi connectivity index (χ4v) is 3.24. The van der Waals surface area contributed by atoms with Crippen LogP contribution < -0.4 is 5.32 Å². The van der Waals surface area contributed by atoms with Crippen molar-refractivity contribution in [1.82, 2.24) is 9.80 Å². The number of hydrogen-bond donors (Lipinski definition) is 1. The zero-order chi connectivity index (χ0) is 14.7. The molecule has 2 aliphatic rings. The lowest BCUT2D eigenvalue weighted by Crippen LogP contribution is -2.48. The minimum atomic E-state index is 0.289. The molecular formula is C17H23N3O. The number of anilines is 1. The topological polar surface area (TPSA) is 35.6 Å². The Labute approximate surface area is 126 Å². The van der Waals surface area contributed by atoms with Crippen molar-refractivity contribution in [3.05, 3.63) is 42.5 Å². The normalized spacial score (nSPS) is 21.7. The molecule has 0 bridgehead atoms. The first-order valence-electron chi connectivity index (χ1n) is 7.71.